The fraction of sp³-hybridized carbons (Fsp3) is 0.357. The molecule has 238 valence electrons. The number of aliphatic carboxylic acids is 2. The lowest BCUT2D eigenvalue weighted by atomic mass is 9.93. The van der Waals surface area contributed by atoms with Crippen molar-refractivity contribution in [2.24, 2.45) is 23.3 Å². The van der Waals surface area contributed by atoms with Crippen LogP contribution in [0.4, 0.5) is 0 Å². The van der Waals surface area contributed by atoms with Gasteiger partial charge in [-0.2, -0.15) is 0 Å². The van der Waals surface area contributed by atoms with Gasteiger partial charge in [0.15, 0.2) is 0 Å². The van der Waals surface area contributed by atoms with Crippen LogP contribution in [0.25, 0.3) is 32.3 Å². The summed E-state index contributed by atoms with van der Waals surface area (Å²) in [6.45, 7) is 2.72. The first kappa shape index (κ1) is 33.1. The standard InChI is InChI=1S/C28H34N4O10S2/c1-13(25(29)27(35)36)7-9-31-43(39,40)21-12-22(44(41,42)32-10-8-14(2)26(30)28(37)38)18-6-4-16-20(34)11-19(33)15-3-5-17(21)24(18)23(15)16/h3-6,11-14,25-26,31-34H,7-10,29-30H2,1-2H3,(H,35,36)(H,37,38). The van der Waals surface area contributed by atoms with Crippen LogP contribution in [0.15, 0.2) is 46.2 Å². The number of rotatable bonds is 14. The Morgan fingerprint density at radius 1 is 0.682 bits per heavy atom. The largest absolute Gasteiger partial charge is 0.507 e. The molecule has 0 heterocycles. The van der Waals surface area contributed by atoms with Gasteiger partial charge in [-0.05, 0) is 42.9 Å². The van der Waals surface area contributed by atoms with Gasteiger partial charge >= 0.3 is 11.9 Å². The van der Waals surface area contributed by atoms with Crippen LogP contribution in [-0.4, -0.2) is 74.4 Å². The Hall–Kier alpha value is -3.80. The van der Waals surface area contributed by atoms with Crippen LogP contribution in [0.2, 0.25) is 0 Å². The van der Waals surface area contributed by atoms with Crippen molar-refractivity contribution < 1.29 is 46.9 Å². The van der Waals surface area contributed by atoms with Gasteiger partial charge in [0.05, 0.1) is 9.79 Å². The second-order valence-corrected chi connectivity index (χ2v) is 14.4. The van der Waals surface area contributed by atoms with E-state index in [0.29, 0.717) is 0 Å². The average Bonchev–Trinajstić information content (AvgIpc) is 2.95. The summed E-state index contributed by atoms with van der Waals surface area (Å²) in [6.07, 6.45) is 0.146. The Morgan fingerprint density at radius 3 is 1.39 bits per heavy atom. The highest BCUT2D eigenvalue weighted by molar-refractivity contribution is 7.90. The lowest BCUT2D eigenvalue weighted by Crippen LogP contribution is -2.38. The molecule has 0 aliphatic heterocycles. The molecule has 4 rings (SSSR count). The van der Waals surface area contributed by atoms with Gasteiger partial charge in [0, 0.05) is 51.5 Å². The molecule has 4 aromatic carbocycles. The van der Waals surface area contributed by atoms with Crippen LogP contribution in [0.1, 0.15) is 26.7 Å². The number of sulfonamides is 2. The Kier molecular flexibility index (Phi) is 9.25. The molecule has 44 heavy (non-hydrogen) atoms. The molecule has 0 amide bonds. The first-order valence-corrected chi connectivity index (χ1v) is 16.6. The number of phenolic OH excluding ortho intramolecular Hbond substituents is 2. The Morgan fingerprint density at radius 2 is 1.02 bits per heavy atom. The molecule has 0 aliphatic rings. The summed E-state index contributed by atoms with van der Waals surface area (Å²) in [5, 5.41) is 40.5. The summed E-state index contributed by atoms with van der Waals surface area (Å²) >= 11 is 0. The van der Waals surface area contributed by atoms with Crippen LogP contribution in [0, 0.1) is 11.8 Å². The van der Waals surface area contributed by atoms with E-state index in [9.17, 15) is 36.6 Å². The molecule has 4 unspecified atom stereocenters. The average molecular weight is 651 g/mol. The molecular formula is C28H34N4O10S2. The quantitative estimate of drug-likeness (QED) is 0.0902. The highest BCUT2D eigenvalue weighted by Crippen LogP contribution is 2.45. The first-order chi connectivity index (χ1) is 20.5. The molecule has 0 bridgehead atoms. The van der Waals surface area contributed by atoms with Crippen molar-refractivity contribution in [2.75, 3.05) is 13.1 Å². The van der Waals surface area contributed by atoms with Gasteiger partial charge in [0.25, 0.3) is 0 Å². The lowest BCUT2D eigenvalue weighted by molar-refractivity contribution is -0.140. The van der Waals surface area contributed by atoms with Gasteiger partial charge in [-0.25, -0.2) is 26.3 Å². The first-order valence-electron chi connectivity index (χ1n) is 13.6. The maximum Gasteiger partial charge on any atom is 0.320 e. The van der Waals surface area contributed by atoms with E-state index in [-0.39, 0.29) is 69.7 Å². The summed E-state index contributed by atoms with van der Waals surface area (Å²) in [4.78, 5) is 21.6. The number of hydrogen-bond donors (Lipinski definition) is 8. The van der Waals surface area contributed by atoms with Crippen LogP contribution in [-0.2, 0) is 29.6 Å². The molecule has 16 heteroatoms. The third-order valence-electron chi connectivity index (χ3n) is 7.94. The molecule has 14 nitrogen and oxygen atoms in total. The van der Waals surface area contributed by atoms with E-state index in [1.54, 1.807) is 13.8 Å². The summed E-state index contributed by atoms with van der Waals surface area (Å²) in [5.74, 6) is -4.24. The van der Waals surface area contributed by atoms with Gasteiger partial charge in [0.2, 0.25) is 20.0 Å². The zero-order valence-corrected chi connectivity index (χ0v) is 25.4. The predicted molar refractivity (Wildman–Crippen MR) is 163 cm³/mol. The number of carboxylic acids is 2. The molecule has 4 atom stereocenters. The van der Waals surface area contributed by atoms with E-state index in [0.717, 1.165) is 12.1 Å². The zero-order valence-electron chi connectivity index (χ0n) is 23.8. The molecule has 0 fully saturated rings. The number of aromatic hydroxyl groups is 2. The van der Waals surface area contributed by atoms with Gasteiger partial charge in [-0.15, -0.1) is 0 Å². The van der Waals surface area contributed by atoms with E-state index < -0.39 is 65.7 Å². The van der Waals surface area contributed by atoms with Crippen LogP contribution < -0.4 is 20.9 Å². The van der Waals surface area contributed by atoms with E-state index in [4.69, 9.17) is 21.7 Å². The number of benzene rings is 4. The third-order valence-corrected chi connectivity index (χ3v) is 10.9. The number of phenols is 2. The molecule has 0 radical (unpaired) electrons. The highest BCUT2D eigenvalue weighted by Gasteiger charge is 2.29. The molecule has 0 aliphatic carbocycles. The van der Waals surface area contributed by atoms with Crippen molar-refractivity contribution in [3.63, 3.8) is 0 Å². The van der Waals surface area contributed by atoms with Crippen LogP contribution in [0.3, 0.4) is 0 Å². The van der Waals surface area contributed by atoms with Crippen molar-refractivity contribution in [3.8, 4) is 11.5 Å². The molecule has 0 saturated heterocycles. The normalized spacial score (nSPS) is 15.5. The molecule has 0 saturated carbocycles. The van der Waals surface area contributed by atoms with Crippen molar-refractivity contribution in [1.82, 2.24) is 9.44 Å². The Bertz CT molecular complexity index is 1830. The SMILES string of the molecule is CC(CCNS(=O)(=O)c1cc(S(=O)(=O)NCCC(C)C(N)C(=O)O)c2ccc3c(O)cc(O)c4ccc1c2c43)C(N)C(=O)O. The molecule has 10 N–H and O–H groups in total. The second kappa shape index (κ2) is 12.3. The maximum absolute atomic E-state index is 13.7. The third kappa shape index (κ3) is 6.22. The number of nitrogens with one attached hydrogen (secondary N) is 2. The maximum atomic E-state index is 13.7. The van der Waals surface area contributed by atoms with E-state index >= 15 is 0 Å². The Labute approximate surface area is 253 Å². The fourth-order valence-electron chi connectivity index (χ4n) is 5.18. The second-order valence-electron chi connectivity index (χ2n) is 10.9. The molecule has 4 aromatic rings. The topological polar surface area (TPSA) is 259 Å². The molecular weight excluding hydrogens is 616 g/mol. The monoisotopic (exact) mass is 650 g/mol. The number of hydrogen-bond acceptors (Lipinski definition) is 10. The summed E-state index contributed by atoms with van der Waals surface area (Å²) < 4.78 is 59.5. The van der Waals surface area contributed by atoms with Gasteiger partial charge < -0.3 is 31.9 Å². The lowest BCUT2D eigenvalue weighted by Gasteiger charge is -2.20. The van der Waals surface area contributed by atoms with E-state index in [1.165, 1.54) is 24.3 Å². The van der Waals surface area contributed by atoms with E-state index in [1.807, 2.05) is 0 Å². The van der Waals surface area contributed by atoms with Crippen LogP contribution >= 0.6 is 0 Å². The summed E-state index contributed by atoms with van der Waals surface area (Å²) in [7, 11) is -8.84. The fourth-order valence-corrected chi connectivity index (χ4v) is 7.80. The summed E-state index contributed by atoms with van der Waals surface area (Å²) in [5.41, 5.74) is 11.3. The van der Waals surface area contributed by atoms with Crippen molar-refractivity contribution >= 4 is 64.3 Å². The van der Waals surface area contributed by atoms with Gasteiger partial charge in [0.1, 0.15) is 23.6 Å². The van der Waals surface area contributed by atoms with Crippen molar-refractivity contribution in [1.29, 1.82) is 0 Å². The zero-order chi connectivity index (χ0) is 32.7. The molecule has 0 aromatic heterocycles. The number of nitrogens with two attached hydrogens (primary N) is 2. The Balaban J connectivity index is 1.85. The number of carbonyl (C=O) groups is 2. The smallest absolute Gasteiger partial charge is 0.320 e. The minimum atomic E-state index is -4.42. The van der Waals surface area contributed by atoms with Gasteiger partial charge in [-0.1, -0.05) is 26.0 Å². The summed E-state index contributed by atoms with van der Waals surface area (Å²) in [6, 6.07) is 5.48. The van der Waals surface area contributed by atoms with Crippen LogP contribution in [0.5, 0.6) is 11.5 Å². The number of carboxylic acid groups (broad SMARTS) is 2. The van der Waals surface area contributed by atoms with Gasteiger partial charge in [-0.3, -0.25) is 9.59 Å². The minimum Gasteiger partial charge on any atom is -0.507 e. The molecule has 0 spiro atoms. The minimum absolute atomic E-state index is 0.0731. The van der Waals surface area contributed by atoms with E-state index in [2.05, 4.69) is 9.44 Å². The van der Waals surface area contributed by atoms with Crippen molar-refractivity contribution in [3.05, 3.63) is 36.4 Å². The highest BCUT2D eigenvalue weighted by atomic mass is 32.2. The van der Waals surface area contributed by atoms with Crippen molar-refractivity contribution in [2.45, 2.75) is 48.6 Å². The predicted octanol–water partition coefficient (Wildman–Crippen LogP) is 1.43.